The van der Waals surface area contributed by atoms with Crippen molar-refractivity contribution in [1.29, 1.82) is 0 Å². The van der Waals surface area contributed by atoms with Crippen LogP contribution in [0.15, 0.2) is 16.6 Å². The number of anilines is 1. The maximum absolute atomic E-state index is 12.3. The summed E-state index contributed by atoms with van der Waals surface area (Å²) in [6.07, 6.45) is 0. The number of methoxy groups -OCH3 is 1. The molecular weight excluding hydrogens is 331 g/mol. The molecule has 1 unspecified atom stereocenters. The Morgan fingerprint density at radius 3 is 2.67 bits per heavy atom. The van der Waals surface area contributed by atoms with E-state index in [0.717, 1.165) is 0 Å². The highest BCUT2D eigenvalue weighted by atomic mass is 79.9. The number of hydrogen-bond acceptors (Lipinski definition) is 3. The molecule has 0 amide bonds. The Labute approximate surface area is 118 Å². The Balaban J connectivity index is 2.99. The van der Waals surface area contributed by atoms with Crippen molar-refractivity contribution in [3.05, 3.63) is 21.6 Å². The maximum atomic E-state index is 12.3. The fourth-order valence-corrected chi connectivity index (χ4v) is 2.34. The molecule has 0 aromatic heterocycles. The van der Waals surface area contributed by atoms with Gasteiger partial charge in [0.1, 0.15) is 0 Å². The van der Waals surface area contributed by atoms with Crippen LogP contribution in [0.2, 0.25) is 5.02 Å². The summed E-state index contributed by atoms with van der Waals surface area (Å²) in [5.41, 5.74) is 0.388. The zero-order valence-corrected chi connectivity index (χ0v) is 12.2. The van der Waals surface area contributed by atoms with E-state index in [0.29, 0.717) is 21.8 Å². The Kier molecular flexibility index (Phi) is 6.11. The van der Waals surface area contributed by atoms with Crippen molar-refractivity contribution < 1.29 is 18.3 Å². The Morgan fingerprint density at radius 1 is 1.44 bits per heavy atom. The van der Waals surface area contributed by atoms with E-state index in [1.54, 1.807) is 7.11 Å². The molecule has 0 saturated carbocycles. The van der Waals surface area contributed by atoms with Crippen LogP contribution >= 0.6 is 27.5 Å². The van der Waals surface area contributed by atoms with E-state index in [1.165, 1.54) is 12.1 Å². The number of alkyl halides is 2. The van der Waals surface area contributed by atoms with E-state index < -0.39 is 6.61 Å². The van der Waals surface area contributed by atoms with Gasteiger partial charge in [-0.2, -0.15) is 8.78 Å². The van der Waals surface area contributed by atoms with E-state index >= 15 is 0 Å². The zero-order valence-electron chi connectivity index (χ0n) is 9.84. The van der Waals surface area contributed by atoms with Crippen molar-refractivity contribution in [2.24, 2.45) is 0 Å². The van der Waals surface area contributed by atoms with Crippen molar-refractivity contribution in [3.8, 4) is 5.75 Å². The molecule has 1 N–H and O–H groups in total. The van der Waals surface area contributed by atoms with Crippen LogP contribution in [0.25, 0.3) is 0 Å². The molecule has 0 spiro atoms. The Bertz CT molecular complexity index is 407. The Morgan fingerprint density at radius 2 is 2.11 bits per heavy atom. The monoisotopic (exact) mass is 343 g/mol. The zero-order chi connectivity index (χ0) is 13.7. The third-order valence-corrected chi connectivity index (χ3v) is 2.84. The second-order valence-electron chi connectivity index (χ2n) is 3.64. The molecule has 0 bridgehead atoms. The third kappa shape index (κ3) is 4.59. The van der Waals surface area contributed by atoms with Crippen molar-refractivity contribution in [2.45, 2.75) is 19.6 Å². The average molecular weight is 345 g/mol. The molecule has 0 aliphatic heterocycles. The van der Waals surface area contributed by atoms with Crippen molar-refractivity contribution in [3.63, 3.8) is 0 Å². The van der Waals surface area contributed by atoms with Gasteiger partial charge in [0, 0.05) is 18.2 Å². The van der Waals surface area contributed by atoms with Crippen LogP contribution in [0.5, 0.6) is 5.75 Å². The number of halogens is 4. The molecule has 102 valence electrons. The van der Waals surface area contributed by atoms with Gasteiger partial charge in [-0.3, -0.25) is 0 Å². The summed E-state index contributed by atoms with van der Waals surface area (Å²) in [7, 11) is 1.56. The Hall–Kier alpha value is -0.590. The molecule has 18 heavy (non-hydrogen) atoms. The average Bonchev–Trinajstić information content (AvgIpc) is 2.23. The van der Waals surface area contributed by atoms with Gasteiger partial charge in [-0.15, -0.1) is 0 Å². The van der Waals surface area contributed by atoms with E-state index in [9.17, 15) is 8.78 Å². The van der Waals surface area contributed by atoms with Crippen LogP contribution in [-0.2, 0) is 4.74 Å². The summed E-state index contributed by atoms with van der Waals surface area (Å²) < 4.78 is 34.5. The second-order valence-corrected chi connectivity index (χ2v) is 4.93. The highest BCUT2D eigenvalue weighted by molar-refractivity contribution is 9.10. The van der Waals surface area contributed by atoms with E-state index in [2.05, 4.69) is 26.0 Å². The molecule has 0 aliphatic rings. The van der Waals surface area contributed by atoms with Crippen molar-refractivity contribution >= 4 is 33.2 Å². The summed E-state index contributed by atoms with van der Waals surface area (Å²) in [5, 5.41) is 3.41. The molecule has 0 heterocycles. The molecule has 3 nitrogen and oxygen atoms in total. The van der Waals surface area contributed by atoms with Gasteiger partial charge in [0.25, 0.3) is 0 Å². The van der Waals surface area contributed by atoms with Crippen LogP contribution in [0.3, 0.4) is 0 Å². The lowest BCUT2D eigenvalue weighted by Gasteiger charge is -2.18. The van der Waals surface area contributed by atoms with Gasteiger partial charge in [-0.25, -0.2) is 0 Å². The molecule has 1 aromatic rings. The van der Waals surface area contributed by atoms with Crippen molar-refractivity contribution in [1.82, 2.24) is 0 Å². The summed E-state index contributed by atoms with van der Waals surface area (Å²) in [6.45, 7) is -0.622. The highest BCUT2D eigenvalue weighted by Crippen LogP contribution is 2.37. The SMILES string of the molecule is COCC(C)Nc1cc(Cl)cc(Br)c1OC(F)F. The molecule has 1 aromatic carbocycles. The molecule has 0 fully saturated rings. The van der Waals surface area contributed by atoms with E-state index in [4.69, 9.17) is 16.3 Å². The predicted molar refractivity (Wildman–Crippen MR) is 70.7 cm³/mol. The number of ether oxygens (including phenoxy) is 2. The fraction of sp³-hybridized carbons (Fsp3) is 0.455. The first-order valence-electron chi connectivity index (χ1n) is 5.13. The summed E-state index contributed by atoms with van der Waals surface area (Å²) in [4.78, 5) is 0. The number of rotatable bonds is 6. The minimum Gasteiger partial charge on any atom is -0.431 e. The molecule has 7 heteroatoms. The minimum atomic E-state index is -2.90. The number of benzene rings is 1. The van der Waals surface area contributed by atoms with Crippen LogP contribution in [0.1, 0.15) is 6.92 Å². The first-order valence-corrected chi connectivity index (χ1v) is 6.30. The number of hydrogen-bond donors (Lipinski definition) is 1. The first kappa shape index (κ1) is 15.5. The van der Waals surface area contributed by atoms with Crippen LogP contribution in [0.4, 0.5) is 14.5 Å². The summed E-state index contributed by atoms with van der Waals surface area (Å²) in [5.74, 6) is 0.0253. The summed E-state index contributed by atoms with van der Waals surface area (Å²) in [6, 6.07) is 2.95. The molecular formula is C11H13BrClF2NO2. The first-order chi connectivity index (χ1) is 8.43. The van der Waals surface area contributed by atoms with E-state index in [-0.39, 0.29) is 11.8 Å². The summed E-state index contributed by atoms with van der Waals surface area (Å²) >= 11 is 9.02. The quantitative estimate of drug-likeness (QED) is 0.841. The largest absolute Gasteiger partial charge is 0.431 e. The van der Waals surface area contributed by atoms with Crippen LogP contribution in [-0.4, -0.2) is 26.4 Å². The molecule has 1 rings (SSSR count). The van der Waals surface area contributed by atoms with Crippen LogP contribution in [0, 0.1) is 0 Å². The predicted octanol–water partition coefficient (Wildman–Crippen LogP) is 4.15. The minimum absolute atomic E-state index is 0.0253. The van der Waals surface area contributed by atoms with Gasteiger partial charge < -0.3 is 14.8 Å². The molecule has 0 saturated heterocycles. The lowest BCUT2D eigenvalue weighted by atomic mass is 10.2. The smallest absolute Gasteiger partial charge is 0.387 e. The number of nitrogens with one attached hydrogen (secondary N) is 1. The third-order valence-electron chi connectivity index (χ3n) is 2.03. The molecule has 1 atom stereocenters. The second kappa shape index (κ2) is 7.11. The lowest BCUT2D eigenvalue weighted by molar-refractivity contribution is -0.0499. The topological polar surface area (TPSA) is 30.5 Å². The van der Waals surface area contributed by atoms with Gasteiger partial charge in [-0.1, -0.05) is 11.6 Å². The van der Waals surface area contributed by atoms with Gasteiger partial charge >= 0.3 is 6.61 Å². The molecule has 0 radical (unpaired) electrons. The van der Waals surface area contributed by atoms with Gasteiger partial charge in [0.15, 0.2) is 5.75 Å². The molecule has 0 aliphatic carbocycles. The van der Waals surface area contributed by atoms with E-state index in [1.807, 2.05) is 6.92 Å². The van der Waals surface area contributed by atoms with Gasteiger partial charge in [-0.05, 0) is 35.0 Å². The standard InChI is InChI=1S/C11H13BrClF2NO2/c1-6(5-17-2)16-9-4-7(13)3-8(12)10(9)18-11(14)15/h3-4,6,11,16H,5H2,1-2H3. The fourth-order valence-electron chi connectivity index (χ4n) is 1.43. The normalized spacial score (nSPS) is 12.6. The van der Waals surface area contributed by atoms with Crippen molar-refractivity contribution in [2.75, 3.05) is 19.0 Å². The van der Waals surface area contributed by atoms with Gasteiger partial charge in [0.05, 0.1) is 16.8 Å². The lowest BCUT2D eigenvalue weighted by Crippen LogP contribution is -2.21. The maximum Gasteiger partial charge on any atom is 0.387 e. The highest BCUT2D eigenvalue weighted by Gasteiger charge is 2.16. The van der Waals surface area contributed by atoms with Gasteiger partial charge in [0.2, 0.25) is 0 Å². The van der Waals surface area contributed by atoms with Crippen LogP contribution < -0.4 is 10.1 Å².